The molecule has 3 rings (SSSR count). The molecule has 10 heteroatoms. The van der Waals surface area contributed by atoms with Gasteiger partial charge in [0.1, 0.15) is 0 Å². The summed E-state index contributed by atoms with van der Waals surface area (Å²) >= 11 is 0. The molecule has 1 atom stereocenters. The van der Waals surface area contributed by atoms with E-state index in [0.717, 1.165) is 16.8 Å². The predicted octanol–water partition coefficient (Wildman–Crippen LogP) is 3.11. The number of aryl methyl sites for hydroxylation is 1. The van der Waals surface area contributed by atoms with E-state index < -0.39 is 17.8 Å². The molecule has 2 heterocycles. The Morgan fingerprint density at radius 3 is 2.57 bits per heavy atom. The third kappa shape index (κ3) is 3.71. The highest BCUT2D eigenvalue weighted by atomic mass is 19.4. The molecule has 0 amide bonds. The Labute approximate surface area is 157 Å². The van der Waals surface area contributed by atoms with E-state index >= 15 is 0 Å². The minimum atomic E-state index is -4.51. The quantitative estimate of drug-likeness (QED) is 0.662. The number of nitrogens with one attached hydrogen (secondary N) is 1. The number of halogens is 3. The van der Waals surface area contributed by atoms with E-state index in [2.05, 4.69) is 15.4 Å². The minimum Gasteiger partial charge on any atom is -0.481 e. The molecule has 0 unspecified atom stereocenters. The molecule has 3 N–H and O–H groups in total. The molecule has 0 saturated heterocycles. The molecule has 7 nitrogen and oxygen atoms in total. The van der Waals surface area contributed by atoms with Gasteiger partial charge < -0.3 is 15.8 Å². The van der Waals surface area contributed by atoms with Crippen molar-refractivity contribution < 1.29 is 17.9 Å². The maximum atomic E-state index is 13.1. The standard InChI is InChI=1S/C18H18F3N5O2/c1-9(10-4-11(18(19,20)21)6-12(22)5-10)24-16-13-7-15(28-3)23-8-14(13)17(27)26(2)25-16/h4-9H,22H2,1-3H3,(H,24,25)/t9-/m1/s1. The largest absolute Gasteiger partial charge is 0.481 e. The number of fused-ring (bicyclic) bond motifs is 1. The van der Waals surface area contributed by atoms with E-state index in [1.165, 1.54) is 26.4 Å². The first kappa shape index (κ1) is 19.5. The number of nitrogens with two attached hydrogens (primary N) is 1. The van der Waals surface area contributed by atoms with Crippen LogP contribution in [0.15, 0.2) is 35.3 Å². The second-order valence-corrected chi connectivity index (χ2v) is 6.30. The summed E-state index contributed by atoms with van der Waals surface area (Å²) in [5.41, 5.74) is 4.79. The van der Waals surface area contributed by atoms with Crippen molar-refractivity contribution in [1.29, 1.82) is 0 Å². The van der Waals surface area contributed by atoms with Crippen LogP contribution in [-0.2, 0) is 13.2 Å². The second kappa shape index (κ2) is 7.02. The summed E-state index contributed by atoms with van der Waals surface area (Å²) in [6.07, 6.45) is -3.14. The number of rotatable bonds is 4. The van der Waals surface area contributed by atoms with Gasteiger partial charge in [-0.15, -0.1) is 0 Å². The van der Waals surface area contributed by atoms with Gasteiger partial charge >= 0.3 is 6.18 Å². The van der Waals surface area contributed by atoms with Crippen LogP contribution < -0.4 is 21.3 Å². The van der Waals surface area contributed by atoms with Crippen LogP contribution in [0.2, 0.25) is 0 Å². The van der Waals surface area contributed by atoms with Gasteiger partial charge in [-0.1, -0.05) is 0 Å². The van der Waals surface area contributed by atoms with Crippen molar-refractivity contribution in [2.24, 2.45) is 7.05 Å². The number of ether oxygens (including phenoxy) is 1. The maximum absolute atomic E-state index is 13.1. The first-order valence-electron chi connectivity index (χ1n) is 8.25. The molecule has 0 aliphatic rings. The zero-order chi connectivity index (χ0) is 20.6. The van der Waals surface area contributed by atoms with E-state index in [9.17, 15) is 18.0 Å². The maximum Gasteiger partial charge on any atom is 0.416 e. The van der Waals surface area contributed by atoms with Crippen LogP contribution in [0.1, 0.15) is 24.1 Å². The lowest BCUT2D eigenvalue weighted by Gasteiger charge is -2.19. The first-order chi connectivity index (χ1) is 13.1. The predicted molar refractivity (Wildman–Crippen MR) is 99.2 cm³/mol. The number of benzene rings is 1. The summed E-state index contributed by atoms with van der Waals surface area (Å²) < 4.78 is 45.5. The number of nitrogens with zero attached hydrogens (tertiary/aromatic N) is 3. The lowest BCUT2D eigenvalue weighted by Crippen LogP contribution is -2.22. The van der Waals surface area contributed by atoms with Crippen molar-refractivity contribution in [2.45, 2.75) is 19.1 Å². The molecular weight excluding hydrogens is 375 g/mol. The van der Waals surface area contributed by atoms with Gasteiger partial charge in [-0.3, -0.25) is 4.79 Å². The highest BCUT2D eigenvalue weighted by Gasteiger charge is 2.31. The van der Waals surface area contributed by atoms with Crippen LogP contribution in [0.5, 0.6) is 5.88 Å². The minimum absolute atomic E-state index is 0.00243. The molecule has 0 saturated carbocycles. The number of methoxy groups -OCH3 is 1. The van der Waals surface area contributed by atoms with Crippen LogP contribution in [0.25, 0.3) is 10.8 Å². The van der Waals surface area contributed by atoms with Crippen molar-refractivity contribution in [3.05, 3.63) is 51.9 Å². The van der Waals surface area contributed by atoms with Crippen molar-refractivity contribution in [1.82, 2.24) is 14.8 Å². The summed E-state index contributed by atoms with van der Waals surface area (Å²) in [6, 6.07) is 4.34. The van der Waals surface area contributed by atoms with E-state index in [4.69, 9.17) is 10.5 Å². The number of alkyl halides is 3. The number of pyridine rings is 1. The third-order valence-electron chi connectivity index (χ3n) is 4.28. The van der Waals surface area contributed by atoms with Gasteiger partial charge in [0.2, 0.25) is 5.88 Å². The summed E-state index contributed by atoms with van der Waals surface area (Å²) in [6.45, 7) is 1.67. The van der Waals surface area contributed by atoms with Gasteiger partial charge in [0, 0.05) is 30.4 Å². The smallest absolute Gasteiger partial charge is 0.416 e. The third-order valence-corrected chi connectivity index (χ3v) is 4.28. The highest BCUT2D eigenvalue weighted by Crippen LogP contribution is 2.33. The lowest BCUT2D eigenvalue weighted by molar-refractivity contribution is -0.137. The Morgan fingerprint density at radius 1 is 1.21 bits per heavy atom. The van der Waals surface area contributed by atoms with Crippen LogP contribution in [0, 0.1) is 0 Å². The van der Waals surface area contributed by atoms with Gasteiger partial charge in [0.05, 0.1) is 24.1 Å². The van der Waals surface area contributed by atoms with E-state index in [1.54, 1.807) is 13.0 Å². The summed E-state index contributed by atoms with van der Waals surface area (Å²) in [4.78, 5) is 16.3. The fraction of sp³-hybridized carbons (Fsp3) is 0.278. The van der Waals surface area contributed by atoms with Crippen LogP contribution >= 0.6 is 0 Å². The zero-order valence-electron chi connectivity index (χ0n) is 15.3. The molecule has 0 aliphatic heterocycles. The highest BCUT2D eigenvalue weighted by molar-refractivity contribution is 5.91. The van der Waals surface area contributed by atoms with Crippen molar-refractivity contribution in [3.8, 4) is 5.88 Å². The van der Waals surface area contributed by atoms with Gasteiger partial charge in [-0.2, -0.15) is 18.3 Å². The molecular formula is C18H18F3N5O2. The lowest BCUT2D eigenvalue weighted by atomic mass is 10.0. The molecule has 1 aromatic carbocycles. The molecule has 0 radical (unpaired) electrons. The van der Waals surface area contributed by atoms with E-state index in [-0.39, 0.29) is 17.1 Å². The van der Waals surface area contributed by atoms with E-state index in [1.807, 2.05) is 0 Å². The monoisotopic (exact) mass is 393 g/mol. The van der Waals surface area contributed by atoms with E-state index in [0.29, 0.717) is 22.2 Å². The van der Waals surface area contributed by atoms with Crippen molar-refractivity contribution >= 4 is 22.3 Å². The number of aromatic nitrogens is 3. The molecule has 0 aliphatic carbocycles. The number of nitrogen functional groups attached to an aromatic ring is 1. The van der Waals surface area contributed by atoms with Gasteiger partial charge in [0.25, 0.3) is 5.56 Å². The summed E-state index contributed by atoms with van der Waals surface area (Å²) in [5.74, 6) is 0.586. The summed E-state index contributed by atoms with van der Waals surface area (Å²) in [7, 11) is 2.91. The molecule has 28 heavy (non-hydrogen) atoms. The van der Waals surface area contributed by atoms with Gasteiger partial charge in [-0.25, -0.2) is 9.67 Å². The molecule has 0 fully saturated rings. The van der Waals surface area contributed by atoms with Gasteiger partial charge in [-0.05, 0) is 30.7 Å². The average Bonchev–Trinajstić information content (AvgIpc) is 2.64. The van der Waals surface area contributed by atoms with Crippen LogP contribution in [-0.4, -0.2) is 21.9 Å². The Hall–Kier alpha value is -3.30. The number of hydrogen-bond donors (Lipinski definition) is 2. The normalized spacial score (nSPS) is 12.8. The number of anilines is 2. The number of hydrogen-bond acceptors (Lipinski definition) is 6. The molecule has 148 valence electrons. The Morgan fingerprint density at radius 2 is 1.93 bits per heavy atom. The summed E-state index contributed by atoms with van der Waals surface area (Å²) in [5, 5.41) is 7.99. The average molecular weight is 393 g/mol. The Bertz CT molecular complexity index is 1090. The van der Waals surface area contributed by atoms with Crippen molar-refractivity contribution in [2.75, 3.05) is 18.2 Å². The topological polar surface area (TPSA) is 95.1 Å². The Balaban J connectivity index is 2.06. The first-order valence-corrected chi connectivity index (χ1v) is 8.25. The fourth-order valence-electron chi connectivity index (χ4n) is 2.82. The second-order valence-electron chi connectivity index (χ2n) is 6.30. The molecule has 3 aromatic rings. The van der Waals surface area contributed by atoms with Crippen LogP contribution in [0.4, 0.5) is 24.7 Å². The molecule has 0 bridgehead atoms. The molecule has 2 aromatic heterocycles. The SMILES string of the molecule is COc1cc2c(N[C@H](C)c3cc(N)cc(C(F)(F)F)c3)nn(C)c(=O)c2cn1. The van der Waals surface area contributed by atoms with Crippen molar-refractivity contribution in [3.63, 3.8) is 0 Å². The van der Waals surface area contributed by atoms with Crippen LogP contribution in [0.3, 0.4) is 0 Å². The Kier molecular flexibility index (Phi) is 4.88. The molecule has 0 spiro atoms. The zero-order valence-corrected chi connectivity index (χ0v) is 15.3. The fourth-order valence-corrected chi connectivity index (χ4v) is 2.82. The van der Waals surface area contributed by atoms with Gasteiger partial charge in [0.15, 0.2) is 5.82 Å².